The number of carbonyl (C=O) groups excluding carboxylic acids is 1. The molecule has 0 amide bonds. The number of hydrogen-bond acceptors (Lipinski definition) is 6. The molecule has 0 aromatic carbocycles. The second kappa shape index (κ2) is 6.24. The highest BCUT2D eigenvalue weighted by atomic mass is 16.5. The van der Waals surface area contributed by atoms with Crippen molar-refractivity contribution in [2.45, 2.75) is 0 Å². The quantitative estimate of drug-likeness (QED) is 0.594. The molecule has 0 atom stereocenters. The van der Waals surface area contributed by atoms with Crippen molar-refractivity contribution >= 4 is 18.0 Å². The van der Waals surface area contributed by atoms with Crippen molar-refractivity contribution in [2.75, 3.05) is 13.7 Å². The third-order valence-corrected chi connectivity index (χ3v) is 1.77. The molecule has 1 rings (SSSR count). The minimum Gasteiger partial charge on any atom is -0.479 e. The smallest absolute Gasteiger partial charge is 0.341 e. The summed E-state index contributed by atoms with van der Waals surface area (Å²) in [5.41, 5.74) is -0.549. The van der Waals surface area contributed by atoms with E-state index in [2.05, 4.69) is 4.74 Å². The number of carboxylic acids is 1. The van der Waals surface area contributed by atoms with Crippen molar-refractivity contribution in [3.8, 4) is 5.75 Å². The largest absolute Gasteiger partial charge is 0.479 e. The Balaban J connectivity index is 3.00. The first-order chi connectivity index (χ1) is 8.54. The van der Waals surface area contributed by atoms with Gasteiger partial charge in [0.05, 0.1) is 13.4 Å². The molecule has 7 nitrogen and oxygen atoms in total. The Hall–Kier alpha value is -2.57. The van der Waals surface area contributed by atoms with Crippen LogP contribution in [0.25, 0.3) is 6.08 Å². The van der Waals surface area contributed by atoms with Crippen LogP contribution in [0.1, 0.15) is 5.76 Å². The van der Waals surface area contributed by atoms with E-state index in [1.165, 1.54) is 7.11 Å². The zero-order valence-corrected chi connectivity index (χ0v) is 9.41. The summed E-state index contributed by atoms with van der Waals surface area (Å²) in [6.07, 6.45) is 3.28. The summed E-state index contributed by atoms with van der Waals surface area (Å²) in [4.78, 5) is 32.7. The molecule has 18 heavy (non-hydrogen) atoms. The average molecular weight is 254 g/mol. The summed E-state index contributed by atoms with van der Waals surface area (Å²) in [7, 11) is 1.19. The minimum atomic E-state index is -1.24. The molecule has 0 unspecified atom stereocenters. The van der Waals surface area contributed by atoms with Crippen molar-refractivity contribution < 1.29 is 28.6 Å². The van der Waals surface area contributed by atoms with E-state index in [0.29, 0.717) is 0 Å². The second-order valence-corrected chi connectivity index (χ2v) is 3.02. The number of hydrogen-bond donors (Lipinski definition) is 1. The van der Waals surface area contributed by atoms with E-state index in [4.69, 9.17) is 14.3 Å². The van der Waals surface area contributed by atoms with Gasteiger partial charge in [-0.25, -0.2) is 9.59 Å². The van der Waals surface area contributed by atoms with Gasteiger partial charge in [-0.05, 0) is 6.08 Å². The predicted molar refractivity (Wildman–Crippen MR) is 59.2 cm³/mol. The predicted octanol–water partition coefficient (Wildman–Crippen LogP) is 0.289. The molecule has 96 valence electrons. The molecule has 0 aliphatic rings. The maximum atomic E-state index is 11.4. The molecule has 1 aromatic heterocycles. The summed E-state index contributed by atoms with van der Waals surface area (Å²) >= 11 is 0. The fourth-order valence-electron chi connectivity index (χ4n) is 1.02. The lowest BCUT2D eigenvalue weighted by Crippen LogP contribution is -2.15. The molecule has 1 heterocycles. The molecule has 1 aromatic rings. The Kier molecular flexibility index (Phi) is 4.67. The summed E-state index contributed by atoms with van der Waals surface area (Å²) in [6, 6.07) is 1.08. The van der Waals surface area contributed by atoms with Gasteiger partial charge < -0.3 is 19.0 Å². The number of esters is 1. The monoisotopic (exact) mass is 254 g/mol. The van der Waals surface area contributed by atoms with Crippen LogP contribution in [0.5, 0.6) is 5.75 Å². The molecule has 0 radical (unpaired) electrons. The molecule has 7 heteroatoms. The highest BCUT2D eigenvalue weighted by Crippen LogP contribution is 2.14. The van der Waals surface area contributed by atoms with Crippen LogP contribution in [0.15, 0.2) is 27.6 Å². The fourth-order valence-corrected chi connectivity index (χ4v) is 1.02. The zero-order valence-electron chi connectivity index (χ0n) is 9.41. The maximum absolute atomic E-state index is 11.4. The Morgan fingerprint density at radius 3 is 2.83 bits per heavy atom. The Morgan fingerprint density at radius 1 is 1.50 bits per heavy atom. The standard InChI is InChI=1S/C11H10O7/c1-16-10(15)3-2-8-11(18-6-9(13)14)7(12)4-5-17-8/h2-5H,6H2,1H3,(H,13,14)/b3-2+. The molecular formula is C11H10O7. The highest BCUT2D eigenvalue weighted by molar-refractivity contribution is 5.86. The van der Waals surface area contributed by atoms with Gasteiger partial charge in [0, 0.05) is 12.1 Å². The SMILES string of the molecule is COC(=O)/C=C/c1occc(=O)c1OCC(=O)O. The van der Waals surface area contributed by atoms with E-state index in [9.17, 15) is 14.4 Å². The Morgan fingerprint density at radius 2 is 2.22 bits per heavy atom. The zero-order chi connectivity index (χ0) is 13.5. The van der Waals surface area contributed by atoms with Gasteiger partial charge in [0.25, 0.3) is 0 Å². The van der Waals surface area contributed by atoms with Gasteiger partial charge in [-0.2, -0.15) is 0 Å². The number of carbonyl (C=O) groups is 2. The van der Waals surface area contributed by atoms with Gasteiger partial charge in [-0.3, -0.25) is 4.79 Å². The average Bonchev–Trinajstić information content (AvgIpc) is 2.34. The lowest BCUT2D eigenvalue weighted by atomic mass is 10.3. The molecule has 0 bridgehead atoms. The maximum Gasteiger partial charge on any atom is 0.341 e. The highest BCUT2D eigenvalue weighted by Gasteiger charge is 2.10. The van der Waals surface area contributed by atoms with Crippen LogP contribution in [-0.4, -0.2) is 30.8 Å². The number of rotatable bonds is 5. The van der Waals surface area contributed by atoms with Crippen LogP contribution in [0.3, 0.4) is 0 Å². The number of methoxy groups -OCH3 is 1. The van der Waals surface area contributed by atoms with Crippen LogP contribution < -0.4 is 10.2 Å². The number of carboxylic acid groups (broad SMARTS) is 1. The van der Waals surface area contributed by atoms with Crippen molar-refractivity contribution in [1.29, 1.82) is 0 Å². The molecule has 1 N–H and O–H groups in total. The fraction of sp³-hybridized carbons (Fsp3) is 0.182. The summed E-state index contributed by atoms with van der Waals surface area (Å²) in [5, 5.41) is 8.46. The first-order valence-electron chi connectivity index (χ1n) is 4.77. The molecule has 0 aliphatic carbocycles. The molecule has 0 saturated carbocycles. The Bertz CT molecular complexity index is 526. The number of ether oxygens (including phenoxy) is 2. The normalized spacial score (nSPS) is 10.3. The molecule has 0 aliphatic heterocycles. The van der Waals surface area contributed by atoms with Crippen molar-refractivity contribution in [1.82, 2.24) is 0 Å². The van der Waals surface area contributed by atoms with Crippen molar-refractivity contribution in [3.63, 3.8) is 0 Å². The number of aliphatic carboxylic acids is 1. The van der Waals surface area contributed by atoms with Crippen LogP contribution in [0.2, 0.25) is 0 Å². The van der Waals surface area contributed by atoms with Crippen molar-refractivity contribution in [2.24, 2.45) is 0 Å². The van der Waals surface area contributed by atoms with Gasteiger partial charge in [0.2, 0.25) is 11.2 Å². The van der Waals surface area contributed by atoms with E-state index in [1.807, 2.05) is 0 Å². The first kappa shape index (κ1) is 13.5. The summed E-state index contributed by atoms with van der Waals surface area (Å²) in [5.74, 6) is -2.22. The van der Waals surface area contributed by atoms with Gasteiger partial charge in [-0.15, -0.1) is 0 Å². The van der Waals surface area contributed by atoms with Gasteiger partial charge >= 0.3 is 11.9 Å². The third kappa shape index (κ3) is 3.78. The van der Waals surface area contributed by atoms with Gasteiger partial charge in [0.1, 0.15) is 0 Å². The van der Waals surface area contributed by atoms with Gasteiger partial charge in [0.15, 0.2) is 12.4 Å². The minimum absolute atomic E-state index is 0.0610. The van der Waals surface area contributed by atoms with E-state index in [1.54, 1.807) is 0 Å². The topological polar surface area (TPSA) is 103 Å². The summed E-state index contributed by atoms with van der Waals surface area (Å²) in [6.45, 7) is -0.687. The van der Waals surface area contributed by atoms with E-state index >= 15 is 0 Å². The second-order valence-electron chi connectivity index (χ2n) is 3.02. The molecular weight excluding hydrogens is 244 g/mol. The lowest BCUT2D eigenvalue weighted by Gasteiger charge is -2.04. The lowest BCUT2D eigenvalue weighted by molar-refractivity contribution is -0.139. The molecule has 0 fully saturated rings. The first-order valence-corrected chi connectivity index (χ1v) is 4.77. The van der Waals surface area contributed by atoms with E-state index < -0.39 is 24.0 Å². The van der Waals surface area contributed by atoms with E-state index in [0.717, 1.165) is 24.5 Å². The van der Waals surface area contributed by atoms with Gasteiger partial charge in [-0.1, -0.05) is 0 Å². The van der Waals surface area contributed by atoms with Crippen LogP contribution in [0.4, 0.5) is 0 Å². The van der Waals surface area contributed by atoms with Crippen molar-refractivity contribution in [3.05, 3.63) is 34.4 Å². The molecule has 0 spiro atoms. The molecule has 0 saturated heterocycles. The van der Waals surface area contributed by atoms with E-state index in [-0.39, 0.29) is 11.5 Å². The summed E-state index contributed by atoms with van der Waals surface area (Å²) < 4.78 is 14.1. The third-order valence-electron chi connectivity index (χ3n) is 1.77. The van der Waals surface area contributed by atoms with Crippen LogP contribution in [0, 0.1) is 0 Å². The Labute approximate surface area is 101 Å². The van der Waals surface area contributed by atoms with Crippen LogP contribution >= 0.6 is 0 Å². The van der Waals surface area contributed by atoms with Crippen LogP contribution in [-0.2, 0) is 14.3 Å².